The third kappa shape index (κ3) is 3.33. The van der Waals surface area contributed by atoms with Crippen LogP contribution in [0.25, 0.3) is 0 Å². The van der Waals surface area contributed by atoms with Crippen LogP contribution in [0.1, 0.15) is 21.6 Å². The molecule has 116 valence electrons. The van der Waals surface area contributed by atoms with Crippen molar-refractivity contribution >= 4 is 5.97 Å². The van der Waals surface area contributed by atoms with Crippen LogP contribution in [0.15, 0.2) is 30.5 Å². The molecule has 2 aromatic rings. The number of halogens is 4. The number of pyridine rings is 1. The Hall–Kier alpha value is -2.64. The Kier molecular flexibility index (Phi) is 4.03. The third-order valence-electron chi connectivity index (χ3n) is 2.74. The van der Waals surface area contributed by atoms with Gasteiger partial charge in [-0.3, -0.25) is 4.98 Å². The van der Waals surface area contributed by atoms with E-state index in [1.165, 1.54) is 13.0 Å². The zero-order valence-electron chi connectivity index (χ0n) is 11.1. The molecule has 0 radical (unpaired) electrons. The van der Waals surface area contributed by atoms with Gasteiger partial charge >= 0.3 is 12.1 Å². The third-order valence-corrected chi connectivity index (χ3v) is 2.74. The normalized spacial score (nSPS) is 11.3. The summed E-state index contributed by atoms with van der Waals surface area (Å²) in [5, 5.41) is 8.99. The van der Waals surface area contributed by atoms with Crippen LogP contribution in [0.4, 0.5) is 17.6 Å². The highest BCUT2D eigenvalue weighted by molar-refractivity contribution is 5.90. The summed E-state index contributed by atoms with van der Waals surface area (Å²) in [6.45, 7) is 1.48. The number of carboxylic acid groups (broad SMARTS) is 1. The molecule has 22 heavy (non-hydrogen) atoms. The van der Waals surface area contributed by atoms with Crippen molar-refractivity contribution in [3.63, 3.8) is 0 Å². The van der Waals surface area contributed by atoms with Crippen LogP contribution in [-0.2, 0) is 6.18 Å². The molecule has 0 atom stereocenters. The predicted octanol–water partition coefficient (Wildman–Crippen LogP) is 4.04. The molecule has 1 N–H and O–H groups in total. The second-order valence-corrected chi connectivity index (χ2v) is 4.38. The molecule has 0 aliphatic rings. The van der Waals surface area contributed by atoms with Gasteiger partial charge in [0, 0.05) is 12.3 Å². The number of aryl methyl sites for hydroxylation is 1. The van der Waals surface area contributed by atoms with E-state index in [9.17, 15) is 22.4 Å². The van der Waals surface area contributed by atoms with E-state index in [4.69, 9.17) is 9.84 Å². The van der Waals surface area contributed by atoms with Gasteiger partial charge in [-0.15, -0.1) is 0 Å². The molecule has 1 aromatic carbocycles. The molecular formula is C14H9F4NO3. The highest BCUT2D eigenvalue weighted by atomic mass is 19.4. The first-order valence-corrected chi connectivity index (χ1v) is 5.93. The number of hydrogen-bond acceptors (Lipinski definition) is 3. The Labute approximate surface area is 122 Å². The minimum atomic E-state index is -4.74. The molecule has 0 saturated carbocycles. The maximum Gasteiger partial charge on any atom is 0.433 e. The number of aromatic nitrogens is 1. The molecule has 0 amide bonds. The van der Waals surface area contributed by atoms with Gasteiger partial charge in [0.05, 0.1) is 0 Å². The summed E-state index contributed by atoms with van der Waals surface area (Å²) in [6.07, 6.45) is -4.17. The number of ether oxygens (including phenoxy) is 1. The van der Waals surface area contributed by atoms with Gasteiger partial charge < -0.3 is 9.84 Å². The summed E-state index contributed by atoms with van der Waals surface area (Å²) in [4.78, 5) is 14.1. The lowest BCUT2D eigenvalue weighted by Crippen LogP contribution is -2.10. The summed E-state index contributed by atoms with van der Waals surface area (Å²) >= 11 is 0. The largest absolute Gasteiger partial charge is 0.477 e. The molecule has 0 aliphatic heterocycles. The number of carboxylic acids is 1. The monoisotopic (exact) mass is 315 g/mol. The summed E-state index contributed by atoms with van der Waals surface area (Å²) in [7, 11) is 0. The highest BCUT2D eigenvalue weighted by Crippen LogP contribution is 2.34. The maximum atomic E-state index is 13.0. The summed E-state index contributed by atoms with van der Waals surface area (Å²) in [6, 6.07) is 3.85. The van der Waals surface area contributed by atoms with E-state index in [2.05, 4.69) is 4.98 Å². The second-order valence-electron chi connectivity index (χ2n) is 4.38. The van der Waals surface area contributed by atoms with Gasteiger partial charge in [0.25, 0.3) is 0 Å². The SMILES string of the molecule is Cc1cc(F)ccc1Oc1cc(C(F)(F)F)ncc1C(=O)O. The quantitative estimate of drug-likeness (QED) is 0.869. The highest BCUT2D eigenvalue weighted by Gasteiger charge is 2.34. The van der Waals surface area contributed by atoms with Crippen molar-refractivity contribution in [3.8, 4) is 11.5 Å². The van der Waals surface area contributed by atoms with Gasteiger partial charge in [0.1, 0.15) is 28.6 Å². The molecule has 2 rings (SSSR count). The second kappa shape index (κ2) is 5.63. The first kappa shape index (κ1) is 15.7. The standard InChI is InChI=1S/C14H9F4NO3/c1-7-4-8(15)2-3-10(7)22-11-5-12(14(16,17)18)19-6-9(11)13(20)21/h2-6H,1H3,(H,20,21). The lowest BCUT2D eigenvalue weighted by molar-refractivity contribution is -0.141. The predicted molar refractivity (Wildman–Crippen MR) is 67.4 cm³/mol. The lowest BCUT2D eigenvalue weighted by Gasteiger charge is -2.13. The average molecular weight is 315 g/mol. The van der Waals surface area contributed by atoms with Crippen molar-refractivity contribution in [1.29, 1.82) is 0 Å². The van der Waals surface area contributed by atoms with E-state index in [1.54, 1.807) is 0 Å². The average Bonchev–Trinajstić information content (AvgIpc) is 2.40. The van der Waals surface area contributed by atoms with E-state index in [1.807, 2.05) is 0 Å². The summed E-state index contributed by atoms with van der Waals surface area (Å²) in [5.41, 5.74) is -1.51. The fourth-order valence-corrected chi connectivity index (χ4v) is 1.68. The first-order chi connectivity index (χ1) is 10.2. The molecule has 0 unspecified atom stereocenters. The van der Waals surface area contributed by atoms with E-state index in [-0.39, 0.29) is 5.75 Å². The van der Waals surface area contributed by atoms with Gasteiger partial charge in [-0.2, -0.15) is 13.2 Å². The van der Waals surface area contributed by atoms with Gasteiger partial charge in [-0.1, -0.05) is 0 Å². The van der Waals surface area contributed by atoms with Crippen LogP contribution < -0.4 is 4.74 Å². The number of carbonyl (C=O) groups is 1. The zero-order valence-corrected chi connectivity index (χ0v) is 11.1. The number of rotatable bonds is 3. The van der Waals surface area contributed by atoms with E-state index in [0.717, 1.165) is 12.1 Å². The molecular weight excluding hydrogens is 306 g/mol. The zero-order chi connectivity index (χ0) is 16.5. The maximum absolute atomic E-state index is 13.0. The fourth-order valence-electron chi connectivity index (χ4n) is 1.68. The Bertz CT molecular complexity index is 729. The fraction of sp³-hybridized carbons (Fsp3) is 0.143. The topological polar surface area (TPSA) is 59.4 Å². The number of aromatic carboxylic acids is 1. The lowest BCUT2D eigenvalue weighted by atomic mass is 10.2. The van der Waals surface area contributed by atoms with Crippen molar-refractivity contribution in [2.24, 2.45) is 0 Å². The van der Waals surface area contributed by atoms with Crippen LogP contribution >= 0.6 is 0 Å². The van der Waals surface area contributed by atoms with Crippen molar-refractivity contribution < 1.29 is 32.2 Å². The Morgan fingerprint density at radius 2 is 1.91 bits per heavy atom. The minimum absolute atomic E-state index is 0.0447. The van der Waals surface area contributed by atoms with E-state index < -0.39 is 35.0 Å². The van der Waals surface area contributed by atoms with Crippen LogP contribution in [0.3, 0.4) is 0 Å². The molecule has 0 fully saturated rings. The van der Waals surface area contributed by atoms with E-state index >= 15 is 0 Å². The van der Waals surface area contributed by atoms with Gasteiger partial charge in [0.2, 0.25) is 0 Å². The van der Waals surface area contributed by atoms with Crippen molar-refractivity contribution in [2.75, 3.05) is 0 Å². The number of hydrogen-bond donors (Lipinski definition) is 1. The molecule has 1 aromatic heterocycles. The number of benzene rings is 1. The Morgan fingerprint density at radius 1 is 1.23 bits per heavy atom. The van der Waals surface area contributed by atoms with Crippen LogP contribution in [0, 0.1) is 12.7 Å². The summed E-state index contributed by atoms with van der Waals surface area (Å²) < 4.78 is 56.2. The Morgan fingerprint density at radius 3 is 2.45 bits per heavy atom. The molecule has 4 nitrogen and oxygen atoms in total. The Balaban J connectivity index is 2.49. The van der Waals surface area contributed by atoms with Gasteiger partial charge in [-0.25, -0.2) is 9.18 Å². The van der Waals surface area contributed by atoms with E-state index in [0.29, 0.717) is 17.8 Å². The van der Waals surface area contributed by atoms with Crippen LogP contribution in [-0.4, -0.2) is 16.1 Å². The van der Waals surface area contributed by atoms with Gasteiger partial charge in [0.15, 0.2) is 0 Å². The van der Waals surface area contributed by atoms with Crippen molar-refractivity contribution in [2.45, 2.75) is 13.1 Å². The van der Waals surface area contributed by atoms with Crippen molar-refractivity contribution in [1.82, 2.24) is 4.98 Å². The minimum Gasteiger partial charge on any atom is -0.477 e. The molecule has 0 saturated heterocycles. The molecule has 8 heteroatoms. The molecule has 0 spiro atoms. The smallest absolute Gasteiger partial charge is 0.433 e. The summed E-state index contributed by atoms with van der Waals surface area (Å²) in [5.74, 6) is -2.52. The molecule has 1 heterocycles. The number of nitrogens with zero attached hydrogens (tertiary/aromatic N) is 1. The van der Waals surface area contributed by atoms with Gasteiger partial charge in [-0.05, 0) is 30.7 Å². The first-order valence-electron chi connectivity index (χ1n) is 5.93. The van der Waals surface area contributed by atoms with Crippen molar-refractivity contribution in [3.05, 3.63) is 53.1 Å². The number of alkyl halides is 3. The van der Waals surface area contributed by atoms with Crippen LogP contribution in [0.2, 0.25) is 0 Å². The molecule has 0 bridgehead atoms. The molecule has 0 aliphatic carbocycles. The van der Waals surface area contributed by atoms with Crippen LogP contribution in [0.5, 0.6) is 11.5 Å².